The average Bonchev–Trinajstić information content (AvgIpc) is 3.56. The number of ether oxygens (including phenoxy) is 2. The van der Waals surface area contributed by atoms with Crippen LogP contribution in [0.5, 0.6) is 0 Å². The fourth-order valence-corrected chi connectivity index (χ4v) is 6.07. The van der Waals surface area contributed by atoms with Crippen molar-refractivity contribution in [3.8, 4) is 0 Å². The molecule has 236 valence electrons. The number of oxazole rings is 1. The first-order valence-corrected chi connectivity index (χ1v) is 14.4. The molecule has 3 aliphatic rings. The molecule has 0 bridgehead atoms. The summed E-state index contributed by atoms with van der Waals surface area (Å²) >= 11 is 0. The van der Waals surface area contributed by atoms with Crippen LogP contribution in [0.2, 0.25) is 0 Å². The van der Waals surface area contributed by atoms with Crippen LogP contribution in [-0.2, 0) is 16.1 Å². The maximum Gasteiger partial charge on any atom is 0.410 e. The lowest BCUT2D eigenvalue weighted by atomic mass is 9.82. The van der Waals surface area contributed by atoms with E-state index in [9.17, 15) is 31.5 Å². The molecule has 3 heterocycles. The second kappa shape index (κ2) is 11.9. The molecule has 9 nitrogen and oxygen atoms in total. The highest BCUT2D eigenvalue weighted by atomic mass is 19.4. The van der Waals surface area contributed by atoms with Gasteiger partial charge < -0.3 is 29.4 Å². The van der Waals surface area contributed by atoms with Crippen LogP contribution in [0.25, 0.3) is 11.1 Å². The van der Waals surface area contributed by atoms with Crippen LogP contribution in [0, 0.1) is 11.8 Å². The number of rotatable bonds is 8. The number of carbonyl (C=O) groups is 2. The van der Waals surface area contributed by atoms with Crippen LogP contribution in [0.15, 0.2) is 52.9 Å². The first-order chi connectivity index (χ1) is 21.0. The minimum absolute atomic E-state index is 0.00456. The van der Waals surface area contributed by atoms with Gasteiger partial charge in [-0.3, -0.25) is 0 Å². The minimum Gasteiger partial charge on any atom is -0.445 e. The molecule has 0 radical (unpaired) electrons. The van der Waals surface area contributed by atoms with Crippen molar-refractivity contribution in [2.75, 3.05) is 19.8 Å². The molecule has 1 aliphatic carbocycles. The van der Waals surface area contributed by atoms with Gasteiger partial charge in [0.05, 0.1) is 25.8 Å². The molecule has 0 spiro atoms. The Hall–Kier alpha value is -3.94. The van der Waals surface area contributed by atoms with Crippen LogP contribution >= 0.6 is 0 Å². The Kier molecular flexibility index (Phi) is 8.12. The first kappa shape index (κ1) is 30.1. The van der Waals surface area contributed by atoms with Gasteiger partial charge in [0.2, 0.25) is 11.8 Å². The molecular formula is C30H31F5N4O5. The Morgan fingerprint density at radius 2 is 1.84 bits per heavy atom. The van der Waals surface area contributed by atoms with Crippen molar-refractivity contribution in [3.63, 3.8) is 0 Å². The van der Waals surface area contributed by atoms with Gasteiger partial charge in [0.15, 0.2) is 5.58 Å². The molecule has 6 rings (SSSR count). The molecule has 2 aliphatic heterocycles. The molecule has 3 aromatic rings. The Bertz CT molecular complexity index is 1490. The second-order valence-electron chi connectivity index (χ2n) is 11.6. The maximum absolute atomic E-state index is 14.0. The maximum atomic E-state index is 14.0. The Morgan fingerprint density at radius 3 is 2.48 bits per heavy atom. The molecule has 14 heteroatoms. The SMILES string of the molecule is O=C(N[C@@H](c1nc2cc([C@@H](C3COC3)N3C[C@@H](C(F)(F)F)NC3=O)ccc2o1)C1CCC(F)(F)CC1)OCc1ccccc1. The fourth-order valence-electron chi connectivity index (χ4n) is 6.07. The lowest BCUT2D eigenvalue weighted by Gasteiger charge is -2.39. The van der Waals surface area contributed by atoms with E-state index in [1.807, 2.05) is 23.5 Å². The summed E-state index contributed by atoms with van der Waals surface area (Å²) in [7, 11) is 0. The standard InChI is InChI=1S/C30H31F5N4O5/c31-29(32)10-8-18(9-11-29)24(38-28(41)43-14-17-4-2-1-3-5-17)26-36-21-12-19(6-7-22(21)44-26)25(20-15-42-16-20)39-13-23(30(33,34)35)37-27(39)40/h1-7,12,18,20,23-25H,8-11,13-16H2,(H,37,40)(H,38,41)/t23-,24+,25-/m0/s1. The summed E-state index contributed by atoms with van der Waals surface area (Å²) in [6.07, 6.45) is -5.81. The number of halogens is 5. The molecule has 3 atom stereocenters. The topological polar surface area (TPSA) is 106 Å². The summed E-state index contributed by atoms with van der Waals surface area (Å²) < 4.78 is 84.9. The smallest absolute Gasteiger partial charge is 0.410 e. The lowest BCUT2D eigenvalue weighted by Crippen LogP contribution is -2.44. The predicted octanol–water partition coefficient (Wildman–Crippen LogP) is 6.26. The van der Waals surface area contributed by atoms with E-state index in [1.54, 1.807) is 30.3 Å². The number of hydrogen-bond acceptors (Lipinski definition) is 6. The number of alkyl carbamates (subject to hydrolysis) is 1. The molecule has 1 saturated carbocycles. The molecule has 2 saturated heterocycles. The van der Waals surface area contributed by atoms with E-state index in [2.05, 4.69) is 10.3 Å². The van der Waals surface area contributed by atoms with Gasteiger partial charge in [-0.2, -0.15) is 13.2 Å². The van der Waals surface area contributed by atoms with Gasteiger partial charge in [0.1, 0.15) is 24.2 Å². The molecule has 2 aromatic carbocycles. The number of urea groups is 1. The van der Waals surface area contributed by atoms with Gasteiger partial charge in [0, 0.05) is 18.8 Å². The quantitative estimate of drug-likeness (QED) is 0.287. The van der Waals surface area contributed by atoms with Crippen LogP contribution in [-0.4, -0.2) is 59.9 Å². The molecule has 1 aromatic heterocycles. The van der Waals surface area contributed by atoms with E-state index in [4.69, 9.17) is 13.9 Å². The molecule has 0 unspecified atom stereocenters. The monoisotopic (exact) mass is 622 g/mol. The van der Waals surface area contributed by atoms with Crippen molar-refractivity contribution in [1.82, 2.24) is 20.5 Å². The van der Waals surface area contributed by atoms with Gasteiger partial charge in [0.25, 0.3) is 0 Å². The Labute approximate surface area is 249 Å². The van der Waals surface area contributed by atoms with E-state index in [-0.39, 0.29) is 57.3 Å². The number of alkyl halides is 5. The normalized spacial score (nSPS) is 22.3. The molecular weight excluding hydrogens is 591 g/mol. The van der Waals surface area contributed by atoms with Crippen LogP contribution in [0.4, 0.5) is 31.5 Å². The van der Waals surface area contributed by atoms with Gasteiger partial charge >= 0.3 is 18.3 Å². The summed E-state index contributed by atoms with van der Waals surface area (Å²) in [6, 6.07) is 9.56. The third kappa shape index (κ3) is 6.44. The zero-order chi connectivity index (χ0) is 31.1. The summed E-state index contributed by atoms with van der Waals surface area (Å²) in [5, 5.41) is 4.77. The number of aromatic nitrogens is 1. The van der Waals surface area contributed by atoms with E-state index in [1.165, 1.54) is 4.90 Å². The van der Waals surface area contributed by atoms with Crippen LogP contribution in [0.3, 0.4) is 0 Å². The number of nitrogens with one attached hydrogen (secondary N) is 2. The lowest BCUT2D eigenvalue weighted by molar-refractivity contribution is -0.151. The second-order valence-corrected chi connectivity index (χ2v) is 11.6. The fraction of sp³-hybridized carbons (Fsp3) is 0.500. The van der Waals surface area contributed by atoms with Gasteiger partial charge in [-0.15, -0.1) is 0 Å². The van der Waals surface area contributed by atoms with E-state index < -0.39 is 54.8 Å². The third-order valence-electron chi connectivity index (χ3n) is 8.53. The highest BCUT2D eigenvalue weighted by Crippen LogP contribution is 2.43. The van der Waals surface area contributed by atoms with E-state index in [0.717, 1.165) is 5.56 Å². The number of fused-ring (bicyclic) bond motifs is 1. The van der Waals surface area contributed by atoms with Crippen LogP contribution in [0.1, 0.15) is 54.8 Å². The number of amides is 3. The van der Waals surface area contributed by atoms with Crippen molar-refractivity contribution in [2.45, 2.75) is 62.5 Å². The predicted molar refractivity (Wildman–Crippen MR) is 146 cm³/mol. The zero-order valence-electron chi connectivity index (χ0n) is 23.5. The van der Waals surface area contributed by atoms with Gasteiger partial charge in [-0.1, -0.05) is 36.4 Å². The number of benzene rings is 2. The van der Waals surface area contributed by atoms with Crippen molar-refractivity contribution >= 4 is 23.2 Å². The number of nitrogens with zero attached hydrogens (tertiary/aromatic N) is 2. The molecule has 2 N–H and O–H groups in total. The summed E-state index contributed by atoms with van der Waals surface area (Å²) in [5.41, 5.74) is 2.00. The molecule has 3 amide bonds. The summed E-state index contributed by atoms with van der Waals surface area (Å²) in [6.45, 7) is 0.00681. The largest absolute Gasteiger partial charge is 0.445 e. The van der Waals surface area contributed by atoms with E-state index >= 15 is 0 Å². The number of carbonyl (C=O) groups excluding carboxylic acids is 2. The average molecular weight is 623 g/mol. The first-order valence-electron chi connectivity index (χ1n) is 14.4. The molecule has 3 fully saturated rings. The summed E-state index contributed by atoms with van der Waals surface area (Å²) in [4.78, 5) is 31.2. The highest BCUT2D eigenvalue weighted by Gasteiger charge is 2.50. The molecule has 44 heavy (non-hydrogen) atoms. The van der Waals surface area contributed by atoms with Crippen molar-refractivity contribution in [2.24, 2.45) is 11.8 Å². The van der Waals surface area contributed by atoms with Gasteiger partial charge in [-0.25, -0.2) is 23.4 Å². The Morgan fingerprint density at radius 1 is 1.11 bits per heavy atom. The minimum atomic E-state index is -4.59. The van der Waals surface area contributed by atoms with E-state index in [0.29, 0.717) is 16.7 Å². The zero-order valence-corrected chi connectivity index (χ0v) is 23.5. The Balaban J connectivity index is 1.26. The third-order valence-corrected chi connectivity index (χ3v) is 8.53. The number of hydrogen-bond donors (Lipinski definition) is 2. The van der Waals surface area contributed by atoms with Crippen molar-refractivity contribution in [3.05, 3.63) is 65.5 Å². The van der Waals surface area contributed by atoms with Gasteiger partial charge in [-0.05, 0) is 42.0 Å². The van der Waals surface area contributed by atoms with Crippen molar-refractivity contribution < 1.29 is 45.4 Å². The highest BCUT2D eigenvalue weighted by molar-refractivity contribution is 5.79. The summed E-state index contributed by atoms with van der Waals surface area (Å²) in [5.74, 6) is -3.32. The van der Waals surface area contributed by atoms with Crippen molar-refractivity contribution in [1.29, 1.82) is 0 Å². The van der Waals surface area contributed by atoms with Crippen LogP contribution < -0.4 is 10.6 Å².